The van der Waals surface area contributed by atoms with Crippen LogP contribution in [0.2, 0.25) is 10.0 Å². The molecule has 0 amide bonds. The molecule has 0 radical (unpaired) electrons. The fourth-order valence-corrected chi connectivity index (χ4v) is 2.77. The van der Waals surface area contributed by atoms with Crippen LogP contribution < -0.4 is 0 Å². The van der Waals surface area contributed by atoms with Crippen LogP contribution in [0, 0.1) is 0 Å². The van der Waals surface area contributed by atoms with E-state index in [1.54, 1.807) is 18.2 Å². The third-order valence-electron chi connectivity index (χ3n) is 3.65. The van der Waals surface area contributed by atoms with Crippen molar-refractivity contribution < 1.29 is 4.79 Å². The van der Waals surface area contributed by atoms with E-state index < -0.39 is 0 Å². The summed E-state index contributed by atoms with van der Waals surface area (Å²) in [5.41, 5.74) is 0.524. The molecule has 1 atom stereocenters. The second-order valence-corrected chi connectivity index (χ2v) is 5.91. The monoisotopic (exact) mass is 300 g/mol. The minimum Gasteiger partial charge on any atom is -0.304 e. The quantitative estimate of drug-likeness (QED) is 0.802. The van der Waals surface area contributed by atoms with Crippen LogP contribution in [-0.4, -0.2) is 55.4 Å². The predicted octanol–water partition coefficient (Wildman–Crippen LogP) is 2.81. The molecule has 0 saturated carbocycles. The van der Waals surface area contributed by atoms with Crippen LogP contribution >= 0.6 is 23.2 Å². The number of halogens is 2. The SMILES string of the molecule is CN1CCN(C)C(CC(=O)c2cccc(Cl)c2Cl)C1. The number of rotatable bonds is 3. The molecule has 1 saturated heterocycles. The van der Waals surface area contributed by atoms with Crippen molar-refractivity contribution in [3.8, 4) is 0 Å². The lowest BCUT2D eigenvalue weighted by Crippen LogP contribution is -2.50. The van der Waals surface area contributed by atoms with Gasteiger partial charge in [0, 0.05) is 37.7 Å². The number of likely N-dealkylation sites (N-methyl/N-ethyl adjacent to an activating group) is 2. The average molecular weight is 301 g/mol. The van der Waals surface area contributed by atoms with Gasteiger partial charge >= 0.3 is 0 Å². The summed E-state index contributed by atoms with van der Waals surface area (Å²) >= 11 is 12.0. The first-order valence-electron chi connectivity index (χ1n) is 6.35. The lowest BCUT2D eigenvalue weighted by molar-refractivity contribution is 0.0810. The standard InChI is InChI=1S/C14H18Cl2N2O/c1-17-6-7-18(2)10(9-17)8-13(19)11-4-3-5-12(15)14(11)16/h3-5,10H,6-9H2,1-2H3. The molecule has 0 aliphatic carbocycles. The number of nitrogens with zero attached hydrogens (tertiary/aromatic N) is 2. The second kappa shape index (κ2) is 6.23. The summed E-state index contributed by atoms with van der Waals surface area (Å²) in [5.74, 6) is 0.0552. The van der Waals surface area contributed by atoms with Gasteiger partial charge in [0.25, 0.3) is 0 Å². The van der Waals surface area contributed by atoms with Gasteiger partial charge in [-0.2, -0.15) is 0 Å². The number of Topliss-reactive ketones (excluding diaryl/α,β-unsaturated/α-hetero) is 1. The Morgan fingerprint density at radius 3 is 2.79 bits per heavy atom. The lowest BCUT2D eigenvalue weighted by atomic mass is 10.0. The van der Waals surface area contributed by atoms with Gasteiger partial charge in [-0.25, -0.2) is 0 Å². The zero-order valence-corrected chi connectivity index (χ0v) is 12.7. The molecule has 19 heavy (non-hydrogen) atoms. The van der Waals surface area contributed by atoms with Gasteiger partial charge in [0.1, 0.15) is 0 Å². The molecule has 0 spiro atoms. The van der Waals surface area contributed by atoms with Crippen molar-refractivity contribution in [2.75, 3.05) is 33.7 Å². The fraction of sp³-hybridized carbons (Fsp3) is 0.500. The van der Waals surface area contributed by atoms with E-state index in [9.17, 15) is 4.79 Å². The summed E-state index contributed by atoms with van der Waals surface area (Å²) in [4.78, 5) is 16.8. The van der Waals surface area contributed by atoms with Crippen LogP contribution in [0.3, 0.4) is 0 Å². The summed E-state index contributed by atoms with van der Waals surface area (Å²) < 4.78 is 0. The minimum absolute atomic E-state index is 0.0552. The summed E-state index contributed by atoms with van der Waals surface area (Å²) in [5, 5.41) is 0.794. The van der Waals surface area contributed by atoms with Gasteiger partial charge < -0.3 is 9.80 Å². The summed E-state index contributed by atoms with van der Waals surface area (Å²) in [6.45, 7) is 2.93. The molecule has 1 aromatic carbocycles. The maximum absolute atomic E-state index is 12.3. The van der Waals surface area contributed by atoms with E-state index in [0.717, 1.165) is 19.6 Å². The van der Waals surface area contributed by atoms with Gasteiger partial charge in [0.15, 0.2) is 5.78 Å². The molecule has 1 heterocycles. The molecule has 0 bridgehead atoms. The van der Waals surface area contributed by atoms with E-state index in [-0.39, 0.29) is 11.8 Å². The molecule has 1 aliphatic heterocycles. The Morgan fingerprint density at radius 1 is 1.32 bits per heavy atom. The van der Waals surface area contributed by atoms with Crippen molar-refractivity contribution in [1.82, 2.24) is 9.80 Å². The number of carbonyl (C=O) groups is 1. The smallest absolute Gasteiger partial charge is 0.166 e. The number of carbonyl (C=O) groups excluding carboxylic acids is 1. The first-order chi connectivity index (χ1) is 8.99. The largest absolute Gasteiger partial charge is 0.304 e. The Morgan fingerprint density at radius 2 is 2.05 bits per heavy atom. The van der Waals surface area contributed by atoms with Crippen LogP contribution in [0.4, 0.5) is 0 Å². The highest BCUT2D eigenvalue weighted by Crippen LogP contribution is 2.27. The van der Waals surface area contributed by atoms with Gasteiger partial charge in [-0.3, -0.25) is 4.79 Å². The maximum Gasteiger partial charge on any atom is 0.166 e. The van der Waals surface area contributed by atoms with Crippen LogP contribution in [-0.2, 0) is 0 Å². The lowest BCUT2D eigenvalue weighted by Gasteiger charge is -2.37. The van der Waals surface area contributed by atoms with E-state index in [1.165, 1.54) is 0 Å². The Labute approximate surface area is 124 Å². The van der Waals surface area contributed by atoms with Crippen molar-refractivity contribution in [2.45, 2.75) is 12.5 Å². The Hall–Kier alpha value is -0.610. The Kier molecular flexibility index (Phi) is 4.85. The molecule has 2 rings (SSSR count). The van der Waals surface area contributed by atoms with E-state index in [1.807, 2.05) is 0 Å². The van der Waals surface area contributed by atoms with E-state index in [0.29, 0.717) is 22.0 Å². The highest BCUT2D eigenvalue weighted by atomic mass is 35.5. The topological polar surface area (TPSA) is 23.6 Å². The normalized spacial score (nSPS) is 21.6. The van der Waals surface area contributed by atoms with E-state index in [2.05, 4.69) is 23.9 Å². The van der Waals surface area contributed by atoms with Crippen molar-refractivity contribution >= 4 is 29.0 Å². The summed E-state index contributed by atoms with van der Waals surface area (Å²) in [6, 6.07) is 5.43. The van der Waals surface area contributed by atoms with Crippen LogP contribution in [0.1, 0.15) is 16.8 Å². The molecule has 1 unspecified atom stereocenters. The molecular weight excluding hydrogens is 283 g/mol. The number of hydrogen-bond acceptors (Lipinski definition) is 3. The van der Waals surface area contributed by atoms with Crippen molar-refractivity contribution in [3.63, 3.8) is 0 Å². The highest BCUT2D eigenvalue weighted by molar-refractivity contribution is 6.43. The summed E-state index contributed by atoms with van der Waals surface area (Å²) in [6.07, 6.45) is 0.473. The third-order valence-corrected chi connectivity index (χ3v) is 4.47. The zero-order chi connectivity index (χ0) is 14.0. The minimum atomic E-state index is 0.0552. The second-order valence-electron chi connectivity index (χ2n) is 5.13. The molecule has 1 fully saturated rings. The van der Waals surface area contributed by atoms with Crippen molar-refractivity contribution in [1.29, 1.82) is 0 Å². The molecule has 3 nitrogen and oxygen atoms in total. The molecule has 5 heteroatoms. The number of hydrogen-bond donors (Lipinski definition) is 0. The third kappa shape index (κ3) is 3.48. The van der Waals surface area contributed by atoms with Gasteiger partial charge in [-0.15, -0.1) is 0 Å². The molecule has 1 aromatic rings. The fourth-order valence-electron chi connectivity index (χ4n) is 2.36. The van der Waals surface area contributed by atoms with Crippen molar-refractivity contribution in [3.05, 3.63) is 33.8 Å². The number of ketones is 1. The van der Waals surface area contributed by atoms with Gasteiger partial charge in [0.05, 0.1) is 10.0 Å². The van der Waals surface area contributed by atoms with Crippen molar-refractivity contribution in [2.24, 2.45) is 0 Å². The first-order valence-corrected chi connectivity index (χ1v) is 7.10. The Balaban J connectivity index is 2.10. The Bertz CT molecular complexity index is 479. The van der Waals surface area contributed by atoms with Gasteiger partial charge in [-0.05, 0) is 26.2 Å². The average Bonchev–Trinajstić information content (AvgIpc) is 2.37. The molecule has 1 aliphatic rings. The van der Waals surface area contributed by atoms with Crippen LogP contribution in [0.25, 0.3) is 0 Å². The molecule has 0 aromatic heterocycles. The number of benzene rings is 1. The maximum atomic E-state index is 12.3. The molecule has 104 valence electrons. The molecule has 0 N–H and O–H groups in total. The summed E-state index contributed by atoms with van der Waals surface area (Å²) in [7, 11) is 4.14. The van der Waals surface area contributed by atoms with Gasteiger partial charge in [0.2, 0.25) is 0 Å². The highest BCUT2D eigenvalue weighted by Gasteiger charge is 2.25. The zero-order valence-electron chi connectivity index (χ0n) is 11.2. The van der Waals surface area contributed by atoms with Crippen LogP contribution in [0.15, 0.2) is 18.2 Å². The first kappa shape index (κ1) is 14.8. The molecular formula is C14H18Cl2N2O. The van der Waals surface area contributed by atoms with E-state index in [4.69, 9.17) is 23.2 Å². The number of piperazine rings is 1. The van der Waals surface area contributed by atoms with Crippen LogP contribution in [0.5, 0.6) is 0 Å². The van der Waals surface area contributed by atoms with Gasteiger partial charge in [-0.1, -0.05) is 29.3 Å². The van der Waals surface area contributed by atoms with E-state index >= 15 is 0 Å². The predicted molar refractivity (Wildman–Crippen MR) is 79.3 cm³/mol.